The molecule has 5 aromatic rings. The van der Waals surface area contributed by atoms with Gasteiger partial charge in [-0.15, -0.1) is 11.8 Å². The Hall–Kier alpha value is -5.89. The van der Waals surface area contributed by atoms with E-state index in [-0.39, 0.29) is 42.8 Å². The molecule has 318 valence electrons. The van der Waals surface area contributed by atoms with Crippen molar-refractivity contribution in [2.75, 3.05) is 29.5 Å². The Bertz CT molecular complexity index is 2470. The predicted octanol–water partition coefficient (Wildman–Crippen LogP) is 6.94. The van der Waals surface area contributed by atoms with Crippen LogP contribution in [0.4, 0.5) is 11.4 Å². The van der Waals surface area contributed by atoms with Crippen molar-refractivity contribution in [3.63, 3.8) is 0 Å². The molecule has 3 aromatic carbocycles. The summed E-state index contributed by atoms with van der Waals surface area (Å²) in [6, 6.07) is 28.2. The van der Waals surface area contributed by atoms with Gasteiger partial charge in [-0.25, -0.2) is 0 Å². The molecule has 9 rings (SSSR count). The van der Waals surface area contributed by atoms with Crippen LogP contribution in [-0.2, 0) is 40.3 Å². The van der Waals surface area contributed by atoms with Gasteiger partial charge in [0.15, 0.2) is 0 Å². The fourth-order valence-corrected chi connectivity index (χ4v) is 10.6. The molecule has 4 aliphatic rings. The highest BCUT2D eigenvalue weighted by molar-refractivity contribution is 7.99. The van der Waals surface area contributed by atoms with Crippen molar-refractivity contribution in [2.45, 2.75) is 87.5 Å². The highest BCUT2D eigenvalue weighted by atomic mass is 32.2. The van der Waals surface area contributed by atoms with Crippen LogP contribution in [0.25, 0.3) is 11.1 Å². The van der Waals surface area contributed by atoms with Crippen molar-refractivity contribution >= 4 is 46.8 Å². The fourth-order valence-electron chi connectivity index (χ4n) is 9.57. The number of aliphatic hydroxyl groups is 1. The molecule has 13 heteroatoms. The minimum Gasteiger partial charge on any atom is -0.394 e. The minimum atomic E-state index is -0.619. The van der Waals surface area contributed by atoms with Crippen molar-refractivity contribution < 1.29 is 24.3 Å². The zero-order chi connectivity index (χ0) is 42.6. The molecule has 0 saturated carbocycles. The standard InChI is InChI=1S/C49H51N7O5S/c57-30-42-38-20-23-55(28-32-18-21-50-22-19-32)47(38)39-26-34(13-15-41(39)53-42)33-6-1-8-36(25-33)52-45(58)11-2-7-35-14-12-31(27-51-35)5-4-24-62-44-10-3-9-37-40(44)29-56(49(37)61)43-16-17-46(59)54-48(43)60/h1,3,6,8-10,12-15,18-19,21-22,25-27,38,42-43,47,53,57H,2,4-5,7,11,16-17,20,23-24,28-30H2,(H,52,58)(H,54,59,60)/t38-,42-,43?,47-/m1/s1. The Morgan fingerprint density at radius 1 is 0.903 bits per heavy atom. The van der Waals surface area contributed by atoms with E-state index in [2.05, 4.69) is 73.3 Å². The van der Waals surface area contributed by atoms with Gasteiger partial charge in [-0.2, -0.15) is 0 Å². The zero-order valence-electron chi connectivity index (χ0n) is 34.6. The molecule has 0 spiro atoms. The van der Waals surface area contributed by atoms with Crippen LogP contribution in [0.1, 0.15) is 82.9 Å². The molecule has 2 saturated heterocycles. The van der Waals surface area contributed by atoms with Crippen molar-refractivity contribution in [1.29, 1.82) is 0 Å². The lowest BCUT2D eigenvalue weighted by atomic mass is 9.82. The number of nitrogens with zero attached hydrogens (tertiary/aromatic N) is 4. The van der Waals surface area contributed by atoms with Gasteiger partial charge in [-0.05, 0) is 139 Å². The van der Waals surface area contributed by atoms with Gasteiger partial charge in [-0.3, -0.25) is 39.4 Å². The Kier molecular flexibility index (Phi) is 12.4. The molecule has 2 fully saturated rings. The van der Waals surface area contributed by atoms with E-state index in [0.29, 0.717) is 43.7 Å². The number of anilines is 2. The van der Waals surface area contributed by atoms with Crippen LogP contribution < -0.4 is 16.0 Å². The molecule has 4 N–H and O–H groups in total. The van der Waals surface area contributed by atoms with E-state index in [1.165, 1.54) is 11.1 Å². The minimum absolute atomic E-state index is 0.0126. The lowest BCUT2D eigenvalue weighted by molar-refractivity contribution is -0.137. The first-order valence-corrected chi connectivity index (χ1v) is 22.7. The van der Waals surface area contributed by atoms with E-state index in [9.17, 15) is 24.3 Å². The molecule has 0 bridgehead atoms. The van der Waals surface area contributed by atoms with Crippen LogP contribution in [0, 0.1) is 5.92 Å². The number of pyridine rings is 2. The fraction of sp³-hybridized carbons (Fsp3) is 0.347. The maximum Gasteiger partial charge on any atom is 0.255 e. The number of hydrogen-bond donors (Lipinski definition) is 4. The Labute approximate surface area is 365 Å². The molecule has 4 amide bonds. The van der Waals surface area contributed by atoms with Crippen LogP contribution in [0.5, 0.6) is 0 Å². The second-order valence-corrected chi connectivity index (χ2v) is 17.9. The smallest absolute Gasteiger partial charge is 0.255 e. The number of amides is 4. The zero-order valence-corrected chi connectivity index (χ0v) is 35.4. The number of benzene rings is 3. The van der Waals surface area contributed by atoms with Gasteiger partial charge < -0.3 is 20.6 Å². The summed E-state index contributed by atoms with van der Waals surface area (Å²) in [4.78, 5) is 64.4. The number of hydrogen-bond acceptors (Lipinski definition) is 10. The molecule has 6 heterocycles. The third-order valence-electron chi connectivity index (χ3n) is 12.7. The number of imide groups is 1. The number of nitrogens with one attached hydrogen (secondary N) is 3. The molecular formula is C49H51N7O5S. The van der Waals surface area contributed by atoms with Gasteiger partial charge in [0, 0.05) is 84.0 Å². The summed E-state index contributed by atoms with van der Waals surface area (Å²) < 4.78 is 0. The predicted molar refractivity (Wildman–Crippen MR) is 239 cm³/mol. The summed E-state index contributed by atoms with van der Waals surface area (Å²) in [5.41, 5.74) is 10.1. The number of aryl methyl sites for hydroxylation is 2. The number of piperidine rings is 1. The van der Waals surface area contributed by atoms with Crippen molar-refractivity contribution in [1.82, 2.24) is 25.1 Å². The first-order chi connectivity index (χ1) is 30.3. The van der Waals surface area contributed by atoms with Crippen LogP contribution >= 0.6 is 11.8 Å². The Balaban J connectivity index is 0.740. The van der Waals surface area contributed by atoms with Crippen LogP contribution in [0.3, 0.4) is 0 Å². The van der Waals surface area contributed by atoms with E-state index in [1.54, 1.807) is 16.7 Å². The molecule has 12 nitrogen and oxygen atoms in total. The average molecular weight is 850 g/mol. The maximum absolute atomic E-state index is 13.2. The van der Waals surface area contributed by atoms with E-state index in [1.807, 2.05) is 61.1 Å². The second-order valence-electron chi connectivity index (χ2n) is 16.7. The summed E-state index contributed by atoms with van der Waals surface area (Å²) in [5, 5.41) is 19.4. The number of carbonyl (C=O) groups is 4. The SMILES string of the molecule is O=C1CCC(N2Cc3c(SCCCc4ccc(CCCC(=O)Nc5cccc(-c6ccc7c(c6)[C@H]6[C@H](CCN6Cc6ccncc6)[C@@H](CO)N7)c5)nc4)cccc3C2=O)C(=O)N1. The van der Waals surface area contributed by atoms with Gasteiger partial charge >= 0.3 is 0 Å². The molecule has 4 atom stereocenters. The molecule has 0 aliphatic carbocycles. The first-order valence-electron chi connectivity index (χ1n) is 21.7. The highest BCUT2D eigenvalue weighted by Gasteiger charge is 2.44. The monoisotopic (exact) mass is 849 g/mol. The van der Waals surface area contributed by atoms with E-state index in [4.69, 9.17) is 0 Å². The normalized spacial score (nSPS) is 20.6. The third-order valence-corrected chi connectivity index (χ3v) is 13.9. The molecule has 1 unspecified atom stereocenters. The summed E-state index contributed by atoms with van der Waals surface area (Å²) in [6.07, 6.45) is 10.8. The first kappa shape index (κ1) is 41.5. The lowest BCUT2D eigenvalue weighted by Crippen LogP contribution is -2.52. The van der Waals surface area contributed by atoms with E-state index < -0.39 is 11.9 Å². The topological polar surface area (TPSA) is 157 Å². The van der Waals surface area contributed by atoms with E-state index >= 15 is 0 Å². The molecule has 62 heavy (non-hydrogen) atoms. The number of likely N-dealkylation sites (tertiary alicyclic amines) is 1. The van der Waals surface area contributed by atoms with Gasteiger partial charge in [0.25, 0.3) is 5.91 Å². The summed E-state index contributed by atoms with van der Waals surface area (Å²) in [6.45, 7) is 2.26. The summed E-state index contributed by atoms with van der Waals surface area (Å²) in [5.74, 6) is 0.305. The number of aliphatic hydroxyl groups excluding tert-OH is 1. The van der Waals surface area contributed by atoms with Gasteiger partial charge in [-0.1, -0.05) is 30.3 Å². The maximum atomic E-state index is 13.2. The van der Waals surface area contributed by atoms with Crippen LogP contribution in [-0.4, -0.2) is 79.5 Å². The number of rotatable bonds is 15. The van der Waals surface area contributed by atoms with Crippen molar-refractivity contribution in [2.24, 2.45) is 5.92 Å². The number of aromatic nitrogens is 2. The van der Waals surface area contributed by atoms with E-state index in [0.717, 1.165) is 82.3 Å². The van der Waals surface area contributed by atoms with Crippen LogP contribution in [0.15, 0.2) is 108 Å². The van der Waals surface area contributed by atoms with Crippen molar-refractivity contribution in [3.05, 3.63) is 137 Å². The second kappa shape index (κ2) is 18.6. The largest absolute Gasteiger partial charge is 0.394 e. The number of thioether (sulfide) groups is 1. The average Bonchev–Trinajstić information content (AvgIpc) is 3.86. The molecule has 0 radical (unpaired) electrons. The van der Waals surface area contributed by atoms with Crippen molar-refractivity contribution in [3.8, 4) is 11.1 Å². The third kappa shape index (κ3) is 9.02. The number of fused-ring (bicyclic) bond motifs is 4. The Morgan fingerprint density at radius 3 is 2.58 bits per heavy atom. The van der Waals surface area contributed by atoms with Gasteiger partial charge in [0.05, 0.1) is 12.6 Å². The Morgan fingerprint density at radius 2 is 1.76 bits per heavy atom. The van der Waals surface area contributed by atoms with Crippen LogP contribution in [0.2, 0.25) is 0 Å². The summed E-state index contributed by atoms with van der Waals surface area (Å²) in [7, 11) is 0. The molecular weight excluding hydrogens is 799 g/mol. The van der Waals surface area contributed by atoms with Gasteiger partial charge in [0.1, 0.15) is 6.04 Å². The molecule has 2 aromatic heterocycles. The summed E-state index contributed by atoms with van der Waals surface area (Å²) >= 11 is 1.72. The highest BCUT2D eigenvalue weighted by Crippen LogP contribution is 2.48. The number of carbonyl (C=O) groups excluding carboxylic acids is 4. The van der Waals surface area contributed by atoms with Gasteiger partial charge in [0.2, 0.25) is 17.7 Å². The molecule has 4 aliphatic heterocycles. The lowest BCUT2D eigenvalue weighted by Gasteiger charge is -2.39. The quantitative estimate of drug-likeness (QED) is 0.0495.